The molecule has 0 radical (unpaired) electrons. The molecule has 0 aliphatic heterocycles. The molecule has 1 atom stereocenters. The van der Waals surface area contributed by atoms with Crippen LogP contribution < -0.4 is 5.32 Å². The summed E-state index contributed by atoms with van der Waals surface area (Å²) in [5, 5.41) is 5.36. The summed E-state index contributed by atoms with van der Waals surface area (Å²) in [7, 11) is 0. The summed E-state index contributed by atoms with van der Waals surface area (Å²) in [5.41, 5.74) is 8.58. The molecule has 0 fully saturated rings. The maximum Gasteiger partial charge on any atom is 0.0489 e. The van der Waals surface area contributed by atoms with Crippen molar-refractivity contribution >= 4 is 10.9 Å². The topological polar surface area (TPSA) is 17.0 Å². The van der Waals surface area contributed by atoms with E-state index in [1.54, 1.807) is 5.56 Å². The quantitative estimate of drug-likeness (QED) is 0.411. The molecule has 1 unspecified atom stereocenters. The number of aromatic nitrogens is 1. The zero-order valence-corrected chi connectivity index (χ0v) is 17.8. The average molecular weight is 395 g/mol. The SMILES string of the molecule is Cc1ccc2c(c1)c1c(n2Cc2ccccc2)C(NCCc2ccccc2)CCC1. The Morgan fingerprint density at radius 2 is 1.63 bits per heavy atom. The molecule has 4 aromatic rings. The van der Waals surface area contributed by atoms with Crippen molar-refractivity contribution in [1.29, 1.82) is 0 Å². The normalized spacial score (nSPS) is 16.0. The van der Waals surface area contributed by atoms with E-state index in [0.717, 1.165) is 19.5 Å². The average Bonchev–Trinajstić information content (AvgIpc) is 3.09. The Balaban J connectivity index is 1.49. The lowest BCUT2D eigenvalue weighted by molar-refractivity contribution is 0.440. The van der Waals surface area contributed by atoms with Crippen LogP contribution in [0, 0.1) is 6.92 Å². The lowest BCUT2D eigenvalue weighted by Gasteiger charge is -2.27. The van der Waals surface area contributed by atoms with Crippen LogP contribution in [0.5, 0.6) is 0 Å². The first-order chi connectivity index (χ1) is 14.8. The molecule has 2 nitrogen and oxygen atoms in total. The summed E-state index contributed by atoms with van der Waals surface area (Å²) >= 11 is 0. The fourth-order valence-corrected chi connectivity index (χ4v) is 5.01. The van der Waals surface area contributed by atoms with E-state index in [4.69, 9.17) is 0 Å². The van der Waals surface area contributed by atoms with Crippen molar-refractivity contribution in [2.24, 2.45) is 0 Å². The minimum Gasteiger partial charge on any atom is -0.338 e. The zero-order chi connectivity index (χ0) is 20.3. The van der Waals surface area contributed by atoms with Gasteiger partial charge in [-0.25, -0.2) is 0 Å². The van der Waals surface area contributed by atoms with Crippen LogP contribution in [0.3, 0.4) is 0 Å². The molecule has 0 bridgehead atoms. The van der Waals surface area contributed by atoms with E-state index in [9.17, 15) is 0 Å². The van der Waals surface area contributed by atoms with Crippen LogP contribution in [-0.4, -0.2) is 11.1 Å². The molecule has 0 saturated carbocycles. The maximum atomic E-state index is 3.91. The molecule has 0 amide bonds. The Morgan fingerprint density at radius 3 is 2.40 bits per heavy atom. The predicted molar refractivity (Wildman–Crippen MR) is 126 cm³/mol. The first-order valence-electron chi connectivity index (χ1n) is 11.2. The first-order valence-corrected chi connectivity index (χ1v) is 11.2. The third kappa shape index (κ3) is 3.80. The highest BCUT2D eigenvalue weighted by atomic mass is 15.0. The third-order valence-electron chi connectivity index (χ3n) is 6.45. The number of rotatable bonds is 6. The van der Waals surface area contributed by atoms with Crippen LogP contribution in [0.4, 0.5) is 0 Å². The van der Waals surface area contributed by atoms with E-state index in [-0.39, 0.29) is 0 Å². The molecule has 5 rings (SSSR count). The molecule has 0 spiro atoms. The second-order valence-corrected chi connectivity index (χ2v) is 8.59. The molecule has 2 heteroatoms. The van der Waals surface area contributed by atoms with Crippen LogP contribution >= 0.6 is 0 Å². The molecule has 1 aliphatic carbocycles. The lowest BCUT2D eigenvalue weighted by Crippen LogP contribution is -2.29. The second-order valence-electron chi connectivity index (χ2n) is 8.59. The smallest absolute Gasteiger partial charge is 0.0489 e. The highest BCUT2D eigenvalue weighted by molar-refractivity contribution is 5.87. The predicted octanol–water partition coefficient (Wildman–Crippen LogP) is 6.21. The van der Waals surface area contributed by atoms with Crippen molar-refractivity contribution in [3.63, 3.8) is 0 Å². The van der Waals surface area contributed by atoms with E-state index in [2.05, 4.69) is 95.7 Å². The maximum absolute atomic E-state index is 3.91. The van der Waals surface area contributed by atoms with Gasteiger partial charge in [0.1, 0.15) is 0 Å². The van der Waals surface area contributed by atoms with Gasteiger partial charge in [0.15, 0.2) is 0 Å². The van der Waals surface area contributed by atoms with Gasteiger partial charge >= 0.3 is 0 Å². The largest absolute Gasteiger partial charge is 0.338 e. The van der Waals surface area contributed by atoms with Crippen molar-refractivity contribution in [2.75, 3.05) is 6.54 Å². The van der Waals surface area contributed by atoms with E-state index < -0.39 is 0 Å². The molecular weight excluding hydrogens is 364 g/mol. The van der Waals surface area contributed by atoms with E-state index >= 15 is 0 Å². The lowest BCUT2D eigenvalue weighted by atomic mass is 9.91. The van der Waals surface area contributed by atoms with Gasteiger partial charge in [0, 0.05) is 29.2 Å². The van der Waals surface area contributed by atoms with E-state index in [1.165, 1.54) is 52.5 Å². The number of nitrogens with one attached hydrogen (secondary N) is 1. The Labute approximate surface area is 179 Å². The minimum atomic E-state index is 0.425. The Morgan fingerprint density at radius 1 is 0.900 bits per heavy atom. The summed E-state index contributed by atoms with van der Waals surface area (Å²) in [6.45, 7) is 4.16. The highest BCUT2D eigenvalue weighted by Crippen LogP contribution is 2.38. The molecule has 1 aliphatic rings. The molecule has 152 valence electrons. The zero-order valence-electron chi connectivity index (χ0n) is 17.8. The van der Waals surface area contributed by atoms with Crippen molar-refractivity contribution in [1.82, 2.24) is 9.88 Å². The van der Waals surface area contributed by atoms with Gasteiger partial charge in [-0.15, -0.1) is 0 Å². The van der Waals surface area contributed by atoms with Gasteiger partial charge in [-0.05, 0) is 68.0 Å². The van der Waals surface area contributed by atoms with Crippen LogP contribution in [0.25, 0.3) is 10.9 Å². The van der Waals surface area contributed by atoms with E-state index in [1.807, 2.05) is 0 Å². The number of aryl methyl sites for hydroxylation is 2. The fraction of sp³-hybridized carbons (Fsp3) is 0.286. The van der Waals surface area contributed by atoms with E-state index in [0.29, 0.717) is 6.04 Å². The van der Waals surface area contributed by atoms with Crippen LogP contribution in [0.15, 0.2) is 78.9 Å². The summed E-state index contributed by atoms with van der Waals surface area (Å²) in [5.74, 6) is 0. The van der Waals surface area contributed by atoms with Gasteiger partial charge in [0.2, 0.25) is 0 Å². The summed E-state index contributed by atoms with van der Waals surface area (Å²) < 4.78 is 2.58. The molecule has 30 heavy (non-hydrogen) atoms. The fourth-order valence-electron chi connectivity index (χ4n) is 5.01. The Bertz CT molecular complexity index is 1130. The Kier molecular flexibility index (Phi) is 5.42. The van der Waals surface area contributed by atoms with Crippen molar-refractivity contribution in [3.05, 3.63) is 107 Å². The highest BCUT2D eigenvalue weighted by Gasteiger charge is 2.27. The van der Waals surface area contributed by atoms with Crippen molar-refractivity contribution in [3.8, 4) is 0 Å². The first kappa shape index (κ1) is 19.1. The molecule has 1 N–H and O–H groups in total. The molecule has 1 heterocycles. The van der Waals surface area contributed by atoms with Crippen LogP contribution in [0.1, 0.15) is 46.8 Å². The van der Waals surface area contributed by atoms with Gasteiger partial charge in [-0.3, -0.25) is 0 Å². The minimum absolute atomic E-state index is 0.425. The number of nitrogens with zero attached hydrogens (tertiary/aromatic N) is 1. The number of fused-ring (bicyclic) bond motifs is 3. The molecule has 3 aromatic carbocycles. The molecule has 1 aromatic heterocycles. The monoisotopic (exact) mass is 394 g/mol. The van der Waals surface area contributed by atoms with Crippen LogP contribution in [-0.2, 0) is 19.4 Å². The Hall–Kier alpha value is -2.84. The van der Waals surface area contributed by atoms with Crippen molar-refractivity contribution < 1.29 is 0 Å². The molecular formula is C28H30N2. The van der Waals surface area contributed by atoms with Crippen LogP contribution in [0.2, 0.25) is 0 Å². The van der Waals surface area contributed by atoms with Gasteiger partial charge in [0.25, 0.3) is 0 Å². The third-order valence-corrected chi connectivity index (χ3v) is 6.45. The second kappa shape index (κ2) is 8.49. The van der Waals surface area contributed by atoms with Gasteiger partial charge < -0.3 is 9.88 Å². The van der Waals surface area contributed by atoms with Gasteiger partial charge in [-0.1, -0.05) is 72.3 Å². The number of benzene rings is 3. The summed E-state index contributed by atoms with van der Waals surface area (Å²) in [6, 6.07) is 29.1. The summed E-state index contributed by atoms with van der Waals surface area (Å²) in [6.07, 6.45) is 4.74. The number of hydrogen-bond donors (Lipinski definition) is 1. The summed E-state index contributed by atoms with van der Waals surface area (Å²) in [4.78, 5) is 0. The van der Waals surface area contributed by atoms with Crippen molar-refractivity contribution in [2.45, 2.75) is 45.2 Å². The van der Waals surface area contributed by atoms with Gasteiger partial charge in [-0.2, -0.15) is 0 Å². The number of hydrogen-bond acceptors (Lipinski definition) is 1. The van der Waals surface area contributed by atoms with Gasteiger partial charge in [0.05, 0.1) is 0 Å². The molecule has 0 saturated heterocycles. The standard InChI is InChI=1S/C28H30N2/c1-21-15-16-27-25(19-21)24-13-8-14-26(29-18-17-22-9-4-2-5-10-22)28(24)30(27)20-23-11-6-3-7-12-23/h2-7,9-12,15-16,19,26,29H,8,13-14,17-18,20H2,1H3.